The molecule has 0 aromatic rings. The van der Waals surface area contributed by atoms with Gasteiger partial charge in [-0.25, -0.2) is 0 Å². The first-order valence-corrected chi connectivity index (χ1v) is 13.0. The van der Waals surface area contributed by atoms with Crippen molar-refractivity contribution in [2.75, 3.05) is 13.7 Å². The van der Waals surface area contributed by atoms with Crippen LogP contribution >= 0.6 is 0 Å². The zero-order valence-corrected chi connectivity index (χ0v) is 20.5. The minimum absolute atomic E-state index is 0.0178. The largest absolute Gasteiger partial charge is 0.469 e. The molecule has 1 aliphatic heterocycles. The lowest BCUT2D eigenvalue weighted by Gasteiger charge is -2.37. The molecule has 0 aliphatic carbocycles. The monoisotopic (exact) mass is 440 g/mol. The molecule has 0 saturated carbocycles. The van der Waals surface area contributed by atoms with E-state index in [2.05, 4.69) is 13.8 Å². The quantitative estimate of drug-likeness (QED) is 0.146. The molecule has 5 heteroatoms. The van der Waals surface area contributed by atoms with Crippen LogP contribution in [-0.4, -0.2) is 37.9 Å². The summed E-state index contributed by atoms with van der Waals surface area (Å²) in [6.45, 7) is 4.82. The van der Waals surface area contributed by atoms with Gasteiger partial charge in [-0.2, -0.15) is 0 Å². The van der Waals surface area contributed by atoms with Gasteiger partial charge in [0.15, 0.2) is 0 Å². The Bertz CT molecular complexity index is 465. The fourth-order valence-electron chi connectivity index (χ4n) is 4.33. The molecule has 1 heterocycles. The van der Waals surface area contributed by atoms with Crippen LogP contribution in [0.15, 0.2) is 0 Å². The summed E-state index contributed by atoms with van der Waals surface area (Å²) in [4.78, 5) is 23.3. The third-order valence-electron chi connectivity index (χ3n) is 6.40. The van der Waals surface area contributed by atoms with Gasteiger partial charge in [0.05, 0.1) is 32.2 Å². The highest BCUT2D eigenvalue weighted by Crippen LogP contribution is 2.32. The molecule has 3 atom stereocenters. The molecule has 0 unspecified atom stereocenters. The van der Waals surface area contributed by atoms with E-state index in [1.54, 1.807) is 0 Å². The first-order chi connectivity index (χ1) is 15.1. The molecule has 0 amide bonds. The standard InChI is InChI=1S/C26H48O5/c1-4-6-8-10-11-12-13-14-15-17-22(30-20-19-25(27)29-3)21-24-23(26(28)31-24)18-16-9-7-5-2/h22-24H,4-21H2,1-3H3/t22-,23-,24-/m0/s1. The fraction of sp³-hybridized carbons (Fsp3) is 0.923. The van der Waals surface area contributed by atoms with Gasteiger partial charge in [0.1, 0.15) is 6.10 Å². The molecule has 5 nitrogen and oxygen atoms in total. The van der Waals surface area contributed by atoms with E-state index in [0.717, 1.165) is 32.1 Å². The maximum Gasteiger partial charge on any atom is 0.313 e. The van der Waals surface area contributed by atoms with Gasteiger partial charge in [0.25, 0.3) is 0 Å². The first-order valence-electron chi connectivity index (χ1n) is 13.0. The van der Waals surface area contributed by atoms with Gasteiger partial charge < -0.3 is 14.2 Å². The molecule has 0 spiro atoms. The van der Waals surface area contributed by atoms with E-state index in [4.69, 9.17) is 14.2 Å². The molecular formula is C26H48O5. The molecule has 1 aliphatic rings. The van der Waals surface area contributed by atoms with Crippen LogP contribution < -0.4 is 0 Å². The zero-order chi connectivity index (χ0) is 22.7. The lowest BCUT2D eigenvalue weighted by Crippen LogP contribution is -2.47. The van der Waals surface area contributed by atoms with Crippen molar-refractivity contribution in [3.8, 4) is 0 Å². The molecule has 0 radical (unpaired) electrons. The number of esters is 2. The lowest BCUT2D eigenvalue weighted by atomic mass is 9.86. The number of hydrogen-bond acceptors (Lipinski definition) is 5. The Hall–Kier alpha value is -1.10. The van der Waals surface area contributed by atoms with E-state index in [1.165, 1.54) is 77.7 Å². The van der Waals surface area contributed by atoms with E-state index in [9.17, 15) is 9.59 Å². The molecule has 0 aromatic carbocycles. The highest BCUT2D eigenvalue weighted by Gasteiger charge is 2.42. The number of unbranched alkanes of at least 4 members (excludes halogenated alkanes) is 11. The Morgan fingerprint density at radius 1 is 0.903 bits per heavy atom. The van der Waals surface area contributed by atoms with Crippen LogP contribution in [0.25, 0.3) is 0 Å². The fourth-order valence-corrected chi connectivity index (χ4v) is 4.33. The van der Waals surface area contributed by atoms with E-state index in [0.29, 0.717) is 6.61 Å². The van der Waals surface area contributed by atoms with Crippen LogP contribution in [0, 0.1) is 5.92 Å². The number of hydrogen-bond donors (Lipinski definition) is 0. The van der Waals surface area contributed by atoms with Crippen LogP contribution in [0.4, 0.5) is 0 Å². The number of methoxy groups -OCH3 is 1. The molecule has 0 bridgehead atoms. The summed E-state index contributed by atoms with van der Waals surface area (Å²) in [6.07, 6.45) is 19.3. The second-order valence-electron chi connectivity index (χ2n) is 9.10. The topological polar surface area (TPSA) is 61.8 Å². The van der Waals surface area contributed by atoms with Crippen molar-refractivity contribution >= 4 is 11.9 Å². The lowest BCUT2D eigenvalue weighted by molar-refractivity contribution is -0.189. The van der Waals surface area contributed by atoms with Gasteiger partial charge in [-0.1, -0.05) is 97.3 Å². The summed E-state index contributed by atoms with van der Waals surface area (Å²) in [5, 5.41) is 0. The van der Waals surface area contributed by atoms with Crippen molar-refractivity contribution < 1.29 is 23.8 Å². The maximum atomic E-state index is 11.9. The number of carbonyl (C=O) groups excluding carboxylic acids is 2. The average molecular weight is 441 g/mol. The van der Waals surface area contributed by atoms with Gasteiger partial charge in [-0.3, -0.25) is 9.59 Å². The molecule has 0 N–H and O–H groups in total. The third kappa shape index (κ3) is 13.1. The number of ether oxygens (including phenoxy) is 3. The highest BCUT2D eigenvalue weighted by atomic mass is 16.6. The maximum absolute atomic E-state index is 11.9. The number of cyclic esters (lactones) is 1. The van der Waals surface area contributed by atoms with Gasteiger partial charge in [-0.15, -0.1) is 0 Å². The van der Waals surface area contributed by atoms with Crippen LogP contribution in [0.3, 0.4) is 0 Å². The minimum atomic E-state index is -0.245. The third-order valence-corrected chi connectivity index (χ3v) is 6.40. The van der Waals surface area contributed by atoms with Gasteiger partial charge in [0, 0.05) is 6.42 Å². The van der Waals surface area contributed by atoms with Gasteiger partial charge in [-0.05, 0) is 12.8 Å². The summed E-state index contributed by atoms with van der Waals surface area (Å²) in [7, 11) is 1.40. The molecule has 31 heavy (non-hydrogen) atoms. The van der Waals surface area contributed by atoms with Crippen molar-refractivity contribution in [1.82, 2.24) is 0 Å². The zero-order valence-electron chi connectivity index (χ0n) is 20.5. The minimum Gasteiger partial charge on any atom is -0.469 e. The van der Waals surface area contributed by atoms with Gasteiger partial charge >= 0.3 is 11.9 Å². The molecule has 1 rings (SSSR count). The van der Waals surface area contributed by atoms with Crippen LogP contribution in [0.1, 0.15) is 123 Å². The smallest absolute Gasteiger partial charge is 0.313 e. The summed E-state index contributed by atoms with van der Waals surface area (Å²) >= 11 is 0. The van der Waals surface area contributed by atoms with Crippen LogP contribution in [0.2, 0.25) is 0 Å². The van der Waals surface area contributed by atoms with Crippen molar-refractivity contribution in [2.24, 2.45) is 5.92 Å². The number of carbonyl (C=O) groups is 2. The molecular weight excluding hydrogens is 392 g/mol. The molecule has 0 aromatic heterocycles. The summed E-state index contributed by atoms with van der Waals surface area (Å²) in [6, 6.07) is 0. The second-order valence-corrected chi connectivity index (χ2v) is 9.10. The van der Waals surface area contributed by atoms with E-state index in [1.807, 2.05) is 0 Å². The van der Waals surface area contributed by atoms with Crippen LogP contribution in [0.5, 0.6) is 0 Å². The molecule has 1 fully saturated rings. The highest BCUT2D eigenvalue weighted by molar-refractivity contribution is 5.78. The van der Waals surface area contributed by atoms with E-state index >= 15 is 0 Å². The Morgan fingerprint density at radius 2 is 1.48 bits per heavy atom. The number of rotatable bonds is 21. The van der Waals surface area contributed by atoms with Crippen molar-refractivity contribution in [2.45, 2.75) is 135 Å². The Balaban J connectivity index is 2.32. The Kier molecular flexibility index (Phi) is 16.6. The first kappa shape index (κ1) is 27.9. The summed E-state index contributed by atoms with van der Waals surface area (Å²) in [5.41, 5.74) is 0. The second kappa shape index (κ2) is 18.5. The van der Waals surface area contributed by atoms with Crippen molar-refractivity contribution in [3.05, 3.63) is 0 Å². The van der Waals surface area contributed by atoms with E-state index < -0.39 is 0 Å². The van der Waals surface area contributed by atoms with Crippen molar-refractivity contribution in [1.29, 1.82) is 0 Å². The molecule has 1 saturated heterocycles. The Labute approximate surface area is 191 Å². The van der Waals surface area contributed by atoms with Crippen LogP contribution in [-0.2, 0) is 23.8 Å². The SMILES string of the molecule is CCCCCCCCCCC[C@@H](C[C@@H]1OC(=O)[C@H]1CCCCCC)OCCC(=O)OC. The summed E-state index contributed by atoms with van der Waals surface area (Å²) < 4.78 is 16.2. The normalized spacial score (nSPS) is 19.0. The predicted molar refractivity (Wildman–Crippen MR) is 125 cm³/mol. The van der Waals surface area contributed by atoms with Crippen molar-refractivity contribution in [3.63, 3.8) is 0 Å². The average Bonchev–Trinajstić information content (AvgIpc) is 2.76. The molecule has 182 valence electrons. The Morgan fingerprint density at radius 3 is 2.06 bits per heavy atom. The van der Waals surface area contributed by atoms with E-state index in [-0.39, 0.29) is 36.5 Å². The van der Waals surface area contributed by atoms with Gasteiger partial charge in [0.2, 0.25) is 0 Å². The predicted octanol–water partition coefficient (Wildman–Crippen LogP) is 6.76. The summed E-state index contributed by atoms with van der Waals surface area (Å²) in [5.74, 6) is -0.254.